The van der Waals surface area contributed by atoms with Gasteiger partial charge in [0.2, 0.25) is 0 Å². The number of aromatic nitrogens is 2. The maximum Gasteiger partial charge on any atom is 0.305 e. The molecule has 42 heavy (non-hydrogen) atoms. The zero-order valence-corrected chi connectivity index (χ0v) is 23.9. The van der Waals surface area contributed by atoms with Crippen molar-refractivity contribution in [1.29, 1.82) is 0 Å². The molecule has 2 amide bonds. The highest BCUT2D eigenvalue weighted by atomic mass is 16.4. The van der Waals surface area contributed by atoms with E-state index in [4.69, 9.17) is 0 Å². The highest BCUT2D eigenvalue weighted by Crippen LogP contribution is 2.32. The van der Waals surface area contributed by atoms with Crippen LogP contribution in [0.2, 0.25) is 0 Å². The molecule has 9 nitrogen and oxygen atoms in total. The van der Waals surface area contributed by atoms with Crippen molar-refractivity contribution in [2.24, 2.45) is 0 Å². The van der Waals surface area contributed by atoms with E-state index in [2.05, 4.69) is 27.1 Å². The lowest BCUT2D eigenvalue weighted by Crippen LogP contribution is -2.32. The van der Waals surface area contributed by atoms with Crippen LogP contribution in [0, 0.1) is 0 Å². The molecule has 0 spiro atoms. The fraction of sp³-hybridized carbons (Fsp3) is 0.242. The Kier molecular flexibility index (Phi) is 10.4. The van der Waals surface area contributed by atoms with Crippen molar-refractivity contribution in [3.8, 4) is 11.1 Å². The Morgan fingerprint density at radius 2 is 1.64 bits per heavy atom. The van der Waals surface area contributed by atoms with Crippen molar-refractivity contribution >= 4 is 29.2 Å². The van der Waals surface area contributed by atoms with Crippen molar-refractivity contribution in [3.05, 3.63) is 108 Å². The van der Waals surface area contributed by atoms with Crippen molar-refractivity contribution in [2.45, 2.75) is 32.7 Å². The van der Waals surface area contributed by atoms with Crippen molar-refractivity contribution in [3.63, 3.8) is 0 Å². The number of aliphatic carboxylic acids is 1. The quantitative estimate of drug-likeness (QED) is 0.212. The molecule has 0 saturated carbocycles. The minimum Gasteiger partial charge on any atom is -0.481 e. The predicted molar refractivity (Wildman–Crippen MR) is 163 cm³/mol. The fourth-order valence-corrected chi connectivity index (χ4v) is 4.59. The summed E-state index contributed by atoms with van der Waals surface area (Å²) in [7, 11) is 2.01. The molecule has 0 unspecified atom stereocenters. The second-order valence-electron chi connectivity index (χ2n) is 10.0. The van der Waals surface area contributed by atoms with Crippen LogP contribution in [0.4, 0.5) is 11.4 Å². The first-order valence-corrected chi connectivity index (χ1v) is 13.9. The molecule has 4 rings (SSSR count). The molecule has 0 aliphatic rings. The Hall–Kier alpha value is -5.05. The molecule has 2 N–H and O–H groups in total. The second-order valence-corrected chi connectivity index (χ2v) is 10.0. The van der Waals surface area contributed by atoms with Gasteiger partial charge in [0.15, 0.2) is 0 Å². The molecule has 216 valence electrons. The average Bonchev–Trinajstić information content (AvgIpc) is 3.02. The van der Waals surface area contributed by atoms with Gasteiger partial charge in [0.25, 0.3) is 11.8 Å². The van der Waals surface area contributed by atoms with Crippen molar-refractivity contribution in [1.82, 2.24) is 14.9 Å². The fourth-order valence-electron chi connectivity index (χ4n) is 4.59. The lowest BCUT2D eigenvalue weighted by atomic mass is 10.0. The third-order valence-electron chi connectivity index (χ3n) is 6.87. The smallest absolute Gasteiger partial charge is 0.305 e. The van der Waals surface area contributed by atoms with Gasteiger partial charge in [-0.3, -0.25) is 24.4 Å². The van der Waals surface area contributed by atoms with Gasteiger partial charge in [0, 0.05) is 57.0 Å². The zero-order valence-electron chi connectivity index (χ0n) is 23.9. The standard InChI is InChI=1S/C33H35N5O4/c1-3-4-18-37(2)30-11-10-27(21-29(30)36-32(41)25-12-16-34-17-13-25)26-8-5-7-24(20-26)23-38(19-14-31(39)40)33(42)28-9-6-15-35-22-28/h5-13,15-17,20-22H,3-4,14,18-19,23H2,1-2H3,(H,36,41)(H,39,40). The average molecular weight is 566 g/mol. The second kappa shape index (κ2) is 14.5. The number of carbonyl (C=O) groups excluding carboxylic acids is 2. The summed E-state index contributed by atoms with van der Waals surface area (Å²) in [6.07, 6.45) is 8.15. The van der Waals surface area contributed by atoms with E-state index in [1.807, 2.05) is 49.5 Å². The summed E-state index contributed by atoms with van der Waals surface area (Å²) < 4.78 is 0. The van der Waals surface area contributed by atoms with Crippen LogP contribution in [0.15, 0.2) is 91.5 Å². The number of unbranched alkanes of at least 4 members (excludes halogenated alkanes) is 1. The molecule has 9 heteroatoms. The highest BCUT2D eigenvalue weighted by Gasteiger charge is 2.18. The maximum atomic E-state index is 13.2. The number of amides is 2. The Morgan fingerprint density at radius 3 is 2.36 bits per heavy atom. The lowest BCUT2D eigenvalue weighted by Gasteiger charge is -2.24. The molecule has 2 aromatic carbocycles. The van der Waals surface area contributed by atoms with Crippen LogP contribution >= 0.6 is 0 Å². The summed E-state index contributed by atoms with van der Waals surface area (Å²) in [5, 5.41) is 12.3. The minimum atomic E-state index is -0.974. The number of nitrogens with one attached hydrogen (secondary N) is 1. The van der Waals surface area contributed by atoms with E-state index >= 15 is 0 Å². The van der Waals surface area contributed by atoms with Gasteiger partial charge < -0.3 is 20.2 Å². The molecule has 0 bridgehead atoms. The number of pyridine rings is 2. The van der Waals surface area contributed by atoms with E-state index in [0.29, 0.717) is 16.8 Å². The van der Waals surface area contributed by atoms with Crippen LogP contribution in [0.3, 0.4) is 0 Å². The van der Waals surface area contributed by atoms with Crippen LogP contribution in [0.5, 0.6) is 0 Å². The van der Waals surface area contributed by atoms with Crippen molar-refractivity contribution in [2.75, 3.05) is 30.4 Å². The molecule has 2 heterocycles. The first kappa shape index (κ1) is 29.9. The normalized spacial score (nSPS) is 10.6. The summed E-state index contributed by atoms with van der Waals surface area (Å²) in [4.78, 5) is 49.3. The number of carbonyl (C=O) groups is 3. The molecule has 2 aromatic heterocycles. The first-order chi connectivity index (χ1) is 20.4. The third kappa shape index (κ3) is 8.00. The number of rotatable bonds is 13. The molecule has 0 radical (unpaired) electrons. The molecule has 0 saturated heterocycles. The van der Waals surface area contributed by atoms with E-state index in [0.717, 1.165) is 41.8 Å². The molecule has 0 aliphatic heterocycles. The third-order valence-corrected chi connectivity index (χ3v) is 6.87. The van der Waals surface area contributed by atoms with Crippen LogP contribution < -0.4 is 10.2 Å². The molecule has 0 atom stereocenters. The van der Waals surface area contributed by atoms with Gasteiger partial charge >= 0.3 is 5.97 Å². The molecule has 0 aliphatic carbocycles. The summed E-state index contributed by atoms with van der Waals surface area (Å²) in [5.41, 5.74) is 5.16. The lowest BCUT2D eigenvalue weighted by molar-refractivity contribution is -0.137. The van der Waals surface area contributed by atoms with Gasteiger partial charge in [-0.1, -0.05) is 37.6 Å². The Bertz CT molecular complexity index is 1510. The Morgan fingerprint density at radius 1 is 0.857 bits per heavy atom. The number of carboxylic acids is 1. The van der Waals surface area contributed by atoms with Gasteiger partial charge in [-0.15, -0.1) is 0 Å². The van der Waals surface area contributed by atoms with Gasteiger partial charge in [-0.25, -0.2) is 0 Å². The predicted octanol–water partition coefficient (Wildman–Crippen LogP) is 5.75. The monoisotopic (exact) mass is 565 g/mol. The van der Waals surface area contributed by atoms with E-state index in [1.165, 1.54) is 11.1 Å². The Labute approximate surface area is 245 Å². The summed E-state index contributed by atoms with van der Waals surface area (Å²) in [5.74, 6) is -1.48. The number of anilines is 2. The minimum absolute atomic E-state index is 0.0667. The van der Waals surface area contributed by atoms with Crippen LogP contribution in [0.25, 0.3) is 11.1 Å². The SMILES string of the molecule is CCCCN(C)c1ccc(-c2cccc(CN(CCC(=O)O)C(=O)c3cccnc3)c2)cc1NC(=O)c1ccncc1. The molecular formula is C33H35N5O4. The molecule has 0 fully saturated rings. The van der Waals surface area contributed by atoms with E-state index < -0.39 is 5.97 Å². The van der Waals surface area contributed by atoms with E-state index in [9.17, 15) is 19.5 Å². The van der Waals surface area contributed by atoms with Gasteiger partial charge in [-0.05, 0) is 65.6 Å². The molecule has 4 aromatic rings. The van der Waals surface area contributed by atoms with Gasteiger partial charge in [0.05, 0.1) is 23.4 Å². The highest BCUT2D eigenvalue weighted by molar-refractivity contribution is 6.06. The van der Waals surface area contributed by atoms with E-state index in [1.54, 1.807) is 42.9 Å². The molecular weight excluding hydrogens is 530 g/mol. The summed E-state index contributed by atoms with van der Waals surface area (Å²) in [6.45, 7) is 3.29. The number of nitrogens with zero attached hydrogens (tertiary/aromatic N) is 4. The summed E-state index contributed by atoms with van der Waals surface area (Å²) in [6, 6.07) is 20.4. The Balaban J connectivity index is 1.63. The van der Waals surface area contributed by atoms with Gasteiger partial charge in [0.1, 0.15) is 0 Å². The van der Waals surface area contributed by atoms with E-state index in [-0.39, 0.29) is 31.3 Å². The largest absolute Gasteiger partial charge is 0.481 e. The topological polar surface area (TPSA) is 116 Å². The number of hydrogen-bond acceptors (Lipinski definition) is 6. The summed E-state index contributed by atoms with van der Waals surface area (Å²) >= 11 is 0. The number of carboxylic acid groups (broad SMARTS) is 1. The maximum absolute atomic E-state index is 13.2. The number of benzene rings is 2. The van der Waals surface area contributed by atoms with Crippen LogP contribution in [-0.2, 0) is 11.3 Å². The first-order valence-electron chi connectivity index (χ1n) is 13.9. The van der Waals surface area contributed by atoms with Crippen LogP contribution in [-0.4, -0.2) is 57.9 Å². The van der Waals surface area contributed by atoms with Gasteiger partial charge in [-0.2, -0.15) is 0 Å². The van der Waals surface area contributed by atoms with Crippen LogP contribution in [0.1, 0.15) is 52.5 Å². The van der Waals surface area contributed by atoms with Crippen molar-refractivity contribution < 1.29 is 19.5 Å². The number of hydrogen-bond donors (Lipinski definition) is 2. The zero-order chi connectivity index (χ0) is 29.9.